The highest BCUT2D eigenvalue weighted by molar-refractivity contribution is 6.75. The Balaban J connectivity index is 1.98. The van der Waals surface area contributed by atoms with Gasteiger partial charge in [-0.25, -0.2) is 0 Å². The molecule has 0 aliphatic heterocycles. The maximum Gasteiger partial charge on any atom is 0.250 e. The molecular formula is C33H52O6Si2. The Hall–Kier alpha value is -2.72. The van der Waals surface area contributed by atoms with Gasteiger partial charge in [0.1, 0.15) is 11.5 Å². The van der Waals surface area contributed by atoms with Crippen LogP contribution in [-0.4, -0.2) is 41.7 Å². The van der Waals surface area contributed by atoms with E-state index in [2.05, 4.69) is 67.7 Å². The van der Waals surface area contributed by atoms with E-state index < -0.39 is 16.6 Å². The number of aliphatic hydroxyl groups is 1. The molecule has 2 rings (SSSR count). The van der Waals surface area contributed by atoms with Crippen molar-refractivity contribution in [2.75, 3.05) is 14.2 Å². The van der Waals surface area contributed by atoms with Crippen LogP contribution in [0.25, 0.3) is 0 Å². The van der Waals surface area contributed by atoms with Gasteiger partial charge in [-0.15, -0.1) is 0 Å². The lowest BCUT2D eigenvalue weighted by atomic mass is 10.0. The summed E-state index contributed by atoms with van der Waals surface area (Å²) in [5, 5.41) is 10.6. The molecule has 2 aromatic carbocycles. The largest absolute Gasteiger partial charge is 0.541 e. The second-order valence-corrected chi connectivity index (χ2v) is 23.2. The summed E-state index contributed by atoms with van der Waals surface area (Å²) in [5.74, 6) is 2.80. The summed E-state index contributed by atoms with van der Waals surface area (Å²) in [5.41, 5.74) is 1.99. The van der Waals surface area contributed by atoms with E-state index in [-0.39, 0.29) is 21.6 Å². The van der Waals surface area contributed by atoms with Crippen molar-refractivity contribution in [3.8, 4) is 23.0 Å². The molecule has 0 bridgehead atoms. The van der Waals surface area contributed by atoms with Crippen LogP contribution < -0.4 is 18.3 Å². The van der Waals surface area contributed by atoms with Crippen LogP contribution in [0.3, 0.4) is 0 Å². The van der Waals surface area contributed by atoms with E-state index in [0.29, 0.717) is 37.2 Å². The van der Waals surface area contributed by atoms with E-state index in [1.165, 1.54) is 6.08 Å². The third kappa shape index (κ3) is 9.67. The van der Waals surface area contributed by atoms with Gasteiger partial charge in [0.15, 0.2) is 17.3 Å². The first-order valence-corrected chi connectivity index (χ1v) is 20.3. The molecule has 0 radical (unpaired) electrons. The van der Waals surface area contributed by atoms with E-state index in [1.807, 2.05) is 36.4 Å². The van der Waals surface area contributed by atoms with Gasteiger partial charge in [-0.3, -0.25) is 4.79 Å². The first-order valence-electron chi connectivity index (χ1n) is 14.4. The summed E-state index contributed by atoms with van der Waals surface area (Å²) >= 11 is 0. The standard InChI is InChI=1S/C33H52O6Si2/c1-32(2,3)40(9,10)38-28-19-15-24(21-30(28)36-7)13-17-26(34)23-27(35)18-14-25-16-20-29(31(22-25)37-8)39-41(11,12)33(4,5)6/h15-16,19-23,34H,13-14,17-18H2,1-12H3/b26-23-. The molecule has 228 valence electrons. The monoisotopic (exact) mass is 600 g/mol. The van der Waals surface area contributed by atoms with E-state index >= 15 is 0 Å². The minimum Gasteiger partial charge on any atom is -0.541 e. The summed E-state index contributed by atoms with van der Waals surface area (Å²) < 4.78 is 24.1. The number of hydrogen-bond acceptors (Lipinski definition) is 6. The number of carbonyl (C=O) groups excluding carboxylic acids is 1. The number of allylic oxidation sites excluding steroid dienone is 2. The zero-order valence-electron chi connectivity index (χ0n) is 27.4. The van der Waals surface area contributed by atoms with Crippen LogP contribution in [0.15, 0.2) is 48.2 Å². The summed E-state index contributed by atoms with van der Waals surface area (Å²) in [7, 11) is -0.736. The highest BCUT2D eigenvalue weighted by Gasteiger charge is 2.40. The number of aryl methyl sites for hydroxylation is 2. The van der Waals surface area contributed by atoms with Crippen molar-refractivity contribution in [3.05, 3.63) is 59.4 Å². The van der Waals surface area contributed by atoms with Crippen molar-refractivity contribution >= 4 is 22.4 Å². The van der Waals surface area contributed by atoms with Gasteiger partial charge < -0.3 is 23.4 Å². The maximum absolute atomic E-state index is 12.6. The number of hydrogen-bond donors (Lipinski definition) is 1. The quantitative estimate of drug-likeness (QED) is 0.140. The Bertz CT molecular complexity index is 1220. The minimum atomic E-state index is -2.00. The third-order valence-electron chi connectivity index (χ3n) is 8.46. The van der Waals surface area contributed by atoms with Gasteiger partial charge in [0.25, 0.3) is 16.6 Å². The molecule has 0 atom stereocenters. The Morgan fingerprint density at radius 3 is 1.46 bits per heavy atom. The molecule has 8 heteroatoms. The van der Waals surface area contributed by atoms with Gasteiger partial charge in [0.2, 0.25) is 0 Å². The van der Waals surface area contributed by atoms with Gasteiger partial charge in [-0.1, -0.05) is 53.7 Å². The van der Waals surface area contributed by atoms with E-state index in [4.69, 9.17) is 18.3 Å². The Morgan fingerprint density at radius 2 is 1.10 bits per heavy atom. The fourth-order valence-electron chi connectivity index (χ4n) is 3.63. The normalized spacial score (nSPS) is 13.1. The molecule has 2 aromatic rings. The zero-order chi connectivity index (χ0) is 31.2. The maximum atomic E-state index is 12.6. The van der Waals surface area contributed by atoms with Crippen LogP contribution in [-0.2, 0) is 17.6 Å². The predicted octanol–water partition coefficient (Wildman–Crippen LogP) is 9.05. The molecule has 0 saturated carbocycles. The van der Waals surface area contributed by atoms with Crippen molar-refractivity contribution < 1.29 is 28.2 Å². The topological polar surface area (TPSA) is 74.2 Å². The summed E-state index contributed by atoms with van der Waals surface area (Å²) in [4.78, 5) is 12.6. The first kappa shape index (κ1) is 34.5. The molecule has 1 N–H and O–H groups in total. The van der Waals surface area contributed by atoms with Crippen molar-refractivity contribution in [3.63, 3.8) is 0 Å². The smallest absolute Gasteiger partial charge is 0.250 e. The summed E-state index contributed by atoms with van der Waals surface area (Å²) in [6.07, 6.45) is 3.14. The lowest BCUT2D eigenvalue weighted by molar-refractivity contribution is -0.114. The number of ketones is 1. The van der Waals surface area contributed by atoms with Gasteiger partial charge in [0.05, 0.1) is 20.0 Å². The Labute approximate surface area is 250 Å². The molecule has 41 heavy (non-hydrogen) atoms. The molecular weight excluding hydrogens is 549 g/mol. The Morgan fingerprint density at radius 1 is 0.707 bits per heavy atom. The van der Waals surface area contributed by atoms with E-state index in [0.717, 1.165) is 22.6 Å². The second kappa shape index (κ2) is 13.5. The summed E-state index contributed by atoms with van der Waals surface area (Å²) in [6, 6.07) is 11.7. The molecule has 0 aliphatic carbocycles. The molecule has 0 fully saturated rings. The van der Waals surface area contributed by atoms with Crippen molar-refractivity contribution in [1.82, 2.24) is 0 Å². The van der Waals surface area contributed by atoms with Crippen molar-refractivity contribution in [2.45, 2.75) is 103 Å². The number of aliphatic hydroxyl groups excluding tert-OH is 1. The number of ether oxygens (including phenoxy) is 2. The highest BCUT2D eigenvalue weighted by atomic mass is 28.4. The number of benzene rings is 2. The van der Waals surface area contributed by atoms with Crippen LogP contribution in [0, 0.1) is 0 Å². The number of carbonyl (C=O) groups is 1. The fourth-order valence-corrected chi connectivity index (χ4v) is 5.68. The second-order valence-electron chi connectivity index (χ2n) is 13.8. The molecule has 0 unspecified atom stereocenters. The van der Waals surface area contributed by atoms with Crippen molar-refractivity contribution in [1.29, 1.82) is 0 Å². The van der Waals surface area contributed by atoms with Crippen LogP contribution in [0.2, 0.25) is 36.3 Å². The predicted molar refractivity (Wildman–Crippen MR) is 174 cm³/mol. The molecule has 0 amide bonds. The van der Waals surface area contributed by atoms with Gasteiger partial charge >= 0.3 is 0 Å². The van der Waals surface area contributed by atoms with Crippen molar-refractivity contribution in [2.24, 2.45) is 0 Å². The molecule has 0 saturated heterocycles. The highest BCUT2D eigenvalue weighted by Crippen LogP contribution is 2.41. The summed E-state index contributed by atoms with van der Waals surface area (Å²) in [6.45, 7) is 22.0. The molecule has 0 aliphatic rings. The van der Waals surface area contributed by atoms with Crippen LogP contribution in [0.1, 0.15) is 65.5 Å². The zero-order valence-corrected chi connectivity index (χ0v) is 29.4. The van der Waals surface area contributed by atoms with Gasteiger partial charge in [-0.2, -0.15) is 0 Å². The van der Waals surface area contributed by atoms with E-state index in [1.54, 1.807) is 14.2 Å². The van der Waals surface area contributed by atoms with Gasteiger partial charge in [0, 0.05) is 18.9 Å². The molecule has 0 aromatic heterocycles. The lowest BCUT2D eigenvalue weighted by Crippen LogP contribution is -2.43. The molecule has 0 spiro atoms. The van der Waals surface area contributed by atoms with Crippen LogP contribution in [0.4, 0.5) is 0 Å². The minimum absolute atomic E-state index is 0.0752. The average Bonchev–Trinajstić information content (AvgIpc) is 2.85. The number of rotatable bonds is 13. The van der Waals surface area contributed by atoms with E-state index in [9.17, 15) is 9.90 Å². The SMILES string of the molecule is COc1cc(CCC(=O)/C=C(\O)CCc2ccc(O[Si](C)(C)C(C)(C)C)c(OC)c2)ccc1O[Si](C)(C)C(C)(C)C. The van der Waals surface area contributed by atoms with Gasteiger partial charge in [-0.05, 0) is 84.5 Å². The average molecular weight is 601 g/mol. The number of methoxy groups -OCH3 is 2. The molecule has 0 heterocycles. The van der Waals surface area contributed by atoms with Crippen LogP contribution in [0.5, 0.6) is 23.0 Å². The fraction of sp³-hybridized carbons (Fsp3) is 0.545. The molecule has 6 nitrogen and oxygen atoms in total. The first-order chi connectivity index (χ1) is 18.8. The Kier molecular flexibility index (Phi) is 11.4. The van der Waals surface area contributed by atoms with Crippen LogP contribution >= 0.6 is 0 Å². The third-order valence-corrected chi connectivity index (χ3v) is 17.1. The lowest BCUT2D eigenvalue weighted by Gasteiger charge is -2.36.